The van der Waals surface area contributed by atoms with Crippen LogP contribution in [0.4, 0.5) is 5.82 Å². The third-order valence-electron chi connectivity index (χ3n) is 2.77. The summed E-state index contributed by atoms with van der Waals surface area (Å²) in [6, 6.07) is 11.3. The molecular weight excluding hydrogens is 242 g/mol. The third kappa shape index (κ3) is 4.13. The van der Waals surface area contributed by atoms with Gasteiger partial charge in [-0.3, -0.25) is 9.89 Å². The molecule has 0 unspecified atom stereocenters. The first-order chi connectivity index (χ1) is 9.25. The first-order valence-electron chi connectivity index (χ1n) is 6.24. The molecule has 5 nitrogen and oxygen atoms in total. The van der Waals surface area contributed by atoms with Gasteiger partial charge in [-0.05, 0) is 18.6 Å². The molecule has 0 aliphatic carbocycles. The molecule has 1 aromatic carbocycles. The summed E-state index contributed by atoms with van der Waals surface area (Å²) in [5, 5.41) is 9.22. The number of H-pyrrole nitrogens is 1. The maximum Gasteiger partial charge on any atom is 0.228 e. The number of ether oxygens (including phenoxy) is 1. The number of amides is 1. The van der Waals surface area contributed by atoms with E-state index in [4.69, 9.17) is 4.74 Å². The maximum atomic E-state index is 11.8. The van der Waals surface area contributed by atoms with Gasteiger partial charge in [0, 0.05) is 12.0 Å². The summed E-state index contributed by atoms with van der Waals surface area (Å²) >= 11 is 0. The lowest BCUT2D eigenvalue weighted by Crippen LogP contribution is -2.22. The number of anilines is 1. The molecule has 19 heavy (non-hydrogen) atoms. The van der Waals surface area contributed by atoms with Gasteiger partial charge in [0.2, 0.25) is 5.91 Å². The highest BCUT2D eigenvalue weighted by atomic mass is 16.5. The van der Waals surface area contributed by atoms with Gasteiger partial charge in [-0.1, -0.05) is 25.1 Å². The molecule has 0 radical (unpaired) electrons. The fourth-order valence-corrected chi connectivity index (χ4v) is 1.58. The van der Waals surface area contributed by atoms with Crippen LogP contribution in [0.2, 0.25) is 0 Å². The second-order valence-corrected chi connectivity index (χ2v) is 4.31. The number of nitrogens with zero attached hydrogens (tertiary/aromatic N) is 1. The normalized spacial score (nSPS) is 11.8. The first-order valence-corrected chi connectivity index (χ1v) is 6.24. The molecule has 2 aromatic rings. The predicted molar refractivity (Wildman–Crippen MR) is 72.9 cm³/mol. The van der Waals surface area contributed by atoms with E-state index in [0.717, 1.165) is 5.75 Å². The van der Waals surface area contributed by atoms with E-state index < -0.39 is 0 Å². The topological polar surface area (TPSA) is 67.0 Å². The van der Waals surface area contributed by atoms with Crippen molar-refractivity contribution in [2.75, 3.05) is 11.9 Å². The lowest BCUT2D eigenvalue weighted by atomic mass is 10.1. The molecule has 2 rings (SSSR count). The van der Waals surface area contributed by atoms with Gasteiger partial charge < -0.3 is 10.1 Å². The second-order valence-electron chi connectivity index (χ2n) is 4.31. The van der Waals surface area contributed by atoms with Crippen LogP contribution in [-0.2, 0) is 4.79 Å². The molecule has 0 aliphatic heterocycles. The van der Waals surface area contributed by atoms with E-state index in [2.05, 4.69) is 15.5 Å². The van der Waals surface area contributed by atoms with Crippen molar-refractivity contribution in [3.05, 3.63) is 42.6 Å². The van der Waals surface area contributed by atoms with Crippen molar-refractivity contribution in [1.29, 1.82) is 0 Å². The Hall–Kier alpha value is -2.30. The van der Waals surface area contributed by atoms with Gasteiger partial charge in [-0.15, -0.1) is 0 Å². The Morgan fingerprint density at radius 3 is 2.84 bits per heavy atom. The van der Waals surface area contributed by atoms with Crippen LogP contribution in [0, 0.1) is 5.92 Å². The van der Waals surface area contributed by atoms with E-state index >= 15 is 0 Å². The van der Waals surface area contributed by atoms with E-state index in [1.165, 1.54) is 0 Å². The zero-order chi connectivity index (χ0) is 13.5. The standard InChI is InChI=1S/C14H17N3O2/c1-11(14(18)16-13-7-9-15-17-13)8-10-19-12-5-3-2-4-6-12/h2-7,9,11H,8,10H2,1H3,(H2,15,16,17,18)/t11-/m0/s1. The summed E-state index contributed by atoms with van der Waals surface area (Å²) in [7, 11) is 0. The van der Waals surface area contributed by atoms with Gasteiger partial charge in [0.05, 0.1) is 12.8 Å². The summed E-state index contributed by atoms with van der Waals surface area (Å²) in [4.78, 5) is 11.8. The minimum absolute atomic E-state index is 0.0408. The number of para-hydroxylation sites is 1. The summed E-state index contributed by atoms with van der Waals surface area (Å²) in [5.74, 6) is 1.28. The van der Waals surface area contributed by atoms with Crippen LogP contribution in [0.25, 0.3) is 0 Å². The van der Waals surface area contributed by atoms with E-state index in [1.54, 1.807) is 12.3 Å². The lowest BCUT2D eigenvalue weighted by molar-refractivity contribution is -0.119. The van der Waals surface area contributed by atoms with Crippen LogP contribution in [0.1, 0.15) is 13.3 Å². The Bertz CT molecular complexity index is 497. The summed E-state index contributed by atoms with van der Waals surface area (Å²) in [6.45, 7) is 2.39. The zero-order valence-corrected chi connectivity index (χ0v) is 10.8. The maximum absolute atomic E-state index is 11.8. The van der Waals surface area contributed by atoms with Gasteiger partial charge in [-0.25, -0.2) is 0 Å². The minimum Gasteiger partial charge on any atom is -0.494 e. The summed E-state index contributed by atoms with van der Waals surface area (Å²) in [6.07, 6.45) is 2.26. The molecule has 1 aromatic heterocycles. The molecule has 0 bridgehead atoms. The molecule has 2 N–H and O–H groups in total. The SMILES string of the molecule is C[C@@H](CCOc1ccccc1)C(=O)Nc1ccn[nH]1. The molecule has 5 heteroatoms. The molecule has 0 aliphatic rings. The van der Waals surface area contributed by atoms with Crippen molar-refractivity contribution < 1.29 is 9.53 Å². The number of carbonyl (C=O) groups is 1. The molecule has 0 saturated heterocycles. The highest BCUT2D eigenvalue weighted by molar-refractivity contribution is 5.91. The number of hydrogen-bond acceptors (Lipinski definition) is 3. The largest absolute Gasteiger partial charge is 0.494 e. The second kappa shape index (κ2) is 6.58. The van der Waals surface area contributed by atoms with Crippen LogP contribution in [-0.4, -0.2) is 22.7 Å². The van der Waals surface area contributed by atoms with Gasteiger partial charge in [-0.2, -0.15) is 5.10 Å². The Labute approximate surface area is 112 Å². The molecule has 1 amide bonds. The number of nitrogens with one attached hydrogen (secondary N) is 2. The number of rotatable bonds is 6. The monoisotopic (exact) mass is 259 g/mol. The van der Waals surface area contributed by atoms with Crippen molar-refractivity contribution in [2.45, 2.75) is 13.3 Å². The third-order valence-corrected chi connectivity index (χ3v) is 2.77. The van der Waals surface area contributed by atoms with Crippen molar-refractivity contribution in [2.24, 2.45) is 5.92 Å². The number of benzene rings is 1. The molecular formula is C14H17N3O2. The zero-order valence-electron chi connectivity index (χ0n) is 10.8. The van der Waals surface area contributed by atoms with Gasteiger partial charge in [0.25, 0.3) is 0 Å². The smallest absolute Gasteiger partial charge is 0.228 e. The number of hydrogen-bond donors (Lipinski definition) is 2. The van der Waals surface area contributed by atoms with E-state index in [1.807, 2.05) is 37.3 Å². The van der Waals surface area contributed by atoms with Gasteiger partial charge in [0.1, 0.15) is 11.6 Å². The molecule has 0 spiro atoms. The molecule has 100 valence electrons. The lowest BCUT2D eigenvalue weighted by Gasteiger charge is -2.11. The fourth-order valence-electron chi connectivity index (χ4n) is 1.58. The van der Waals surface area contributed by atoms with Crippen LogP contribution in [0.5, 0.6) is 5.75 Å². The Morgan fingerprint density at radius 1 is 1.37 bits per heavy atom. The van der Waals surface area contributed by atoms with Gasteiger partial charge in [0.15, 0.2) is 0 Å². The number of aromatic nitrogens is 2. The van der Waals surface area contributed by atoms with Crippen molar-refractivity contribution >= 4 is 11.7 Å². The average Bonchev–Trinajstić information content (AvgIpc) is 2.92. The Balaban J connectivity index is 1.72. The fraction of sp³-hybridized carbons (Fsp3) is 0.286. The average molecular weight is 259 g/mol. The van der Waals surface area contributed by atoms with Crippen LogP contribution in [0.15, 0.2) is 42.6 Å². The van der Waals surface area contributed by atoms with Crippen molar-refractivity contribution in [3.8, 4) is 5.75 Å². The molecule has 1 heterocycles. The van der Waals surface area contributed by atoms with Crippen LogP contribution < -0.4 is 10.1 Å². The van der Waals surface area contributed by atoms with Gasteiger partial charge >= 0.3 is 0 Å². The Kier molecular flexibility index (Phi) is 4.55. The highest BCUT2D eigenvalue weighted by Crippen LogP contribution is 2.11. The van der Waals surface area contributed by atoms with Crippen LogP contribution in [0.3, 0.4) is 0 Å². The summed E-state index contributed by atoms with van der Waals surface area (Å²) in [5.41, 5.74) is 0. The molecule has 1 atom stereocenters. The highest BCUT2D eigenvalue weighted by Gasteiger charge is 2.13. The minimum atomic E-state index is -0.119. The number of carbonyl (C=O) groups excluding carboxylic acids is 1. The van der Waals surface area contributed by atoms with Crippen LogP contribution >= 0.6 is 0 Å². The summed E-state index contributed by atoms with van der Waals surface area (Å²) < 4.78 is 5.56. The number of aromatic amines is 1. The van der Waals surface area contributed by atoms with Crippen molar-refractivity contribution in [1.82, 2.24) is 10.2 Å². The van der Waals surface area contributed by atoms with E-state index in [0.29, 0.717) is 18.8 Å². The Morgan fingerprint density at radius 2 is 2.16 bits per heavy atom. The first kappa shape index (κ1) is 13.1. The van der Waals surface area contributed by atoms with E-state index in [-0.39, 0.29) is 11.8 Å². The predicted octanol–water partition coefficient (Wildman–Crippen LogP) is 2.45. The molecule has 0 saturated carbocycles. The molecule has 0 fully saturated rings. The quantitative estimate of drug-likeness (QED) is 0.837. The van der Waals surface area contributed by atoms with E-state index in [9.17, 15) is 4.79 Å². The van der Waals surface area contributed by atoms with Crippen molar-refractivity contribution in [3.63, 3.8) is 0 Å².